The summed E-state index contributed by atoms with van der Waals surface area (Å²) in [5.41, 5.74) is 3.98. The Morgan fingerprint density at radius 2 is 1.46 bits per heavy atom. The number of rotatable bonds is 10. The van der Waals surface area contributed by atoms with Gasteiger partial charge in [0.05, 0.1) is 10.6 Å². The molecule has 1 N–H and O–H groups in total. The maximum atomic E-state index is 14.1. The van der Waals surface area contributed by atoms with Crippen molar-refractivity contribution in [2.24, 2.45) is 0 Å². The molecule has 8 heteroatoms. The standard InChI is InChI=1S/C33H41N3O4S/c1-24-15-17-31(18-16-24)41(39,40)36(30-20-25(2)19-26(3)21-30)23-32(37)35(22-28-11-7-5-8-12-28)27(4)33(38)34-29-13-9-6-10-14-29/h5,7-8,11-12,15-21,27,29H,6,9-10,13-14,22-23H2,1-4H3,(H,34,38)/t27-/m0/s1. The van der Waals surface area contributed by atoms with Crippen LogP contribution in [0.15, 0.2) is 77.7 Å². The fraction of sp³-hybridized carbons (Fsp3) is 0.394. The normalized spacial score (nSPS) is 14.7. The van der Waals surface area contributed by atoms with Crippen LogP contribution in [0.1, 0.15) is 61.3 Å². The fourth-order valence-corrected chi connectivity index (χ4v) is 6.79. The third-order valence-corrected chi connectivity index (χ3v) is 9.48. The molecule has 3 aromatic rings. The molecule has 0 spiro atoms. The largest absolute Gasteiger partial charge is 0.352 e. The van der Waals surface area contributed by atoms with Crippen LogP contribution in [0.5, 0.6) is 0 Å². The Kier molecular flexibility index (Phi) is 9.86. The molecule has 0 aliphatic heterocycles. The molecule has 0 aromatic heterocycles. The van der Waals surface area contributed by atoms with Gasteiger partial charge < -0.3 is 10.2 Å². The first-order valence-electron chi connectivity index (χ1n) is 14.4. The van der Waals surface area contributed by atoms with Gasteiger partial charge in [0.25, 0.3) is 10.0 Å². The summed E-state index contributed by atoms with van der Waals surface area (Å²) in [6.07, 6.45) is 5.19. The van der Waals surface area contributed by atoms with Crippen LogP contribution in [-0.2, 0) is 26.2 Å². The van der Waals surface area contributed by atoms with Crippen molar-refractivity contribution >= 4 is 27.5 Å². The van der Waals surface area contributed by atoms with Crippen molar-refractivity contribution in [3.8, 4) is 0 Å². The number of sulfonamides is 1. The molecule has 1 atom stereocenters. The summed E-state index contributed by atoms with van der Waals surface area (Å²) in [6.45, 7) is 7.15. The average Bonchev–Trinajstić information content (AvgIpc) is 2.95. The van der Waals surface area contributed by atoms with Crippen LogP contribution < -0.4 is 9.62 Å². The zero-order valence-corrected chi connectivity index (χ0v) is 25.3. The van der Waals surface area contributed by atoms with Gasteiger partial charge in [-0.3, -0.25) is 13.9 Å². The number of benzene rings is 3. The van der Waals surface area contributed by atoms with Gasteiger partial charge in [-0.15, -0.1) is 0 Å². The highest BCUT2D eigenvalue weighted by atomic mass is 32.2. The van der Waals surface area contributed by atoms with E-state index in [1.165, 1.54) is 15.6 Å². The monoisotopic (exact) mass is 575 g/mol. The SMILES string of the molecule is Cc1ccc(S(=O)(=O)N(CC(=O)N(Cc2ccccc2)[C@@H](C)C(=O)NC2CCCCC2)c2cc(C)cc(C)c2)cc1. The average molecular weight is 576 g/mol. The van der Waals surface area contributed by atoms with Gasteiger partial charge in [-0.25, -0.2) is 8.42 Å². The predicted octanol–water partition coefficient (Wildman–Crippen LogP) is 5.67. The van der Waals surface area contributed by atoms with Crippen LogP contribution in [0.4, 0.5) is 5.69 Å². The second-order valence-electron chi connectivity index (χ2n) is 11.2. The van der Waals surface area contributed by atoms with Crippen LogP contribution in [0.25, 0.3) is 0 Å². The Balaban J connectivity index is 1.69. The van der Waals surface area contributed by atoms with E-state index in [4.69, 9.17) is 0 Å². The lowest BCUT2D eigenvalue weighted by atomic mass is 9.95. The van der Waals surface area contributed by atoms with Crippen molar-refractivity contribution in [3.05, 3.63) is 95.1 Å². The van der Waals surface area contributed by atoms with E-state index in [0.717, 1.165) is 47.9 Å². The molecule has 1 saturated carbocycles. The van der Waals surface area contributed by atoms with Crippen LogP contribution >= 0.6 is 0 Å². The van der Waals surface area contributed by atoms with Crippen molar-refractivity contribution in [2.45, 2.75) is 83.3 Å². The van der Waals surface area contributed by atoms with E-state index in [-0.39, 0.29) is 23.4 Å². The second-order valence-corrected chi connectivity index (χ2v) is 13.1. The van der Waals surface area contributed by atoms with Crippen LogP contribution in [0.3, 0.4) is 0 Å². The Labute approximate surface area is 244 Å². The van der Waals surface area contributed by atoms with Crippen molar-refractivity contribution in [1.29, 1.82) is 0 Å². The lowest BCUT2D eigenvalue weighted by molar-refractivity contribution is -0.139. The minimum absolute atomic E-state index is 0.0982. The summed E-state index contributed by atoms with van der Waals surface area (Å²) in [5.74, 6) is -0.671. The van der Waals surface area contributed by atoms with Gasteiger partial charge in [0.15, 0.2) is 0 Å². The van der Waals surface area contributed by atoms with E-state index < -0.39 is 28.5 Å². The molecule has 1 aliphatic rings. The summed E-state index contributed by atoms with van der Waals surface area (Å²) in [7, 11) is -4.09. The number of amides is 2. The maximum Gasteiger partial charge on any atom is 0.264 e. The molecule has 0 saturated heterocycles. The molecule has 218 valence electrons. The van der Waals surface area contributed by atoms with Gasteiger partial charge in [0.1, 0.15) is 12.6 Å². The van der Waals surface area contributed by atoms with E-state index in [1.54, 1.807) is 43.3 Å². The van der Waals surface area contributed by atoms with Gasteiger partial charge >= 0.3 is 0 Å². The molecular weight excluding hydrogens is 534 g/mol. The quantitative estimate of drug-likeness (QED) is 0.337. The molecule has 7 nitrogen and oxygen atoms in total. The lowest BCUT2D eigenvalue weighted by Gasteiger charge is -2.33. The molecule has 4 rings (SSSR count). The lowest BCUT2D eigenvalue weighted by Crippen LogP contribution is -2.53. The number of nitrogens with one attached hydrogen (secondary N) is 1. The maximum absolute atomic E-state index is 14.1. The first-order valence-corrected chi connectivity index (χ1v) is 15.8. The molecule has 1 fully saturated rings. The van der Waals surface area contributed by atoms with Crippen LogP contribution in [-0.4, -0.2) is 43.8 Å². The number of hydrogen-bond acceptors (Lipinski definition) is 4. The zero-order valence-electron chi connectivity index (χ0n) is 24.5. The highest BCUT2D eigenvalue weighted by Crippen LogP contribution is 2.27. The molecular formula is C33H41N3O4S. The van der Waals surface area contributed by atoms with Crippen LogP contribution in [0.2, 0.25) is 0 Å². The molecule has 2 amide bonds. The summed E-state index contributed by atoms with van der Waals surface area (Å²) < 4.78 is 29.2. The predicted molar refractivity (Wildman–Crippen MR) is 163 cm³/mol. The minimum Gasteiger partial charge on any atom is -0.352 e. The van der Waals surface area contributed by atoms with E-state index in [1.807, 2.05) is 57.2 Å². The Bertz CT molecular complexity index is 1430. The van der Waals surface area contributed by atoms with Gasteiger partial charge in [0.2, 0.25) is 11.8 Å². The summed E-state index contributed by atoms with van der Waals surface area (Å²) >= 11 is 0. The number of carbonyl (C=O) groups excluding carboxylic acids is 2. The number of carbonyl (C=O) groups is 2. The van der Waals surface area contributed by atoms with Gasteiger partial charge in [-0.05, 0) is 81.5 Å². The van der Waals surface area contributed by atoms with Crippen molar-refractivity contribution in [3.63, 3.8) is 0 Å². The first-order chi connectivity index (χ1) is 19.5. The summed E-state index contributed by atoms with van der Waals surface area (Å²) in [6, 6.07) is 20.9. The molecule has 0 heterocycles. The summed E-state index contributed by atoms with van der Waals surface area (Å²) in [4.78, 5) is 29.1. The van der Waals surface area contributed by atoms with E-state index in [9.17, 15) is 18.0 Å². The van der Waals surface area contributed by atoms with E-state index in [0.29, 0.717) is 5.69 Å². The number of aryl methyl sites for hydroxylation is 3. The molecule has 0 bridgehead atoms. The second kappa shape index (κ2) is 13.3. The number of anilines is 1. The Hall–Kier alpha value is -3.65. The van der Waals surface area contributed by atoms with Gasteiger partial charge in [-0.2, -0.15) is 0 Å². The third-order valence-electron chi connectivity index (χ3n) is 7.70. The van der Waals surface area contributed by atoms with Crippen molar-refractivity contribution in [1.82, 2.24) is 10.2 Å². The summed E-state index contributed by atoms with van der Waals surface area (Å²) in [5, 5.41) is 3.14. The Morgan fingerprint density at radius 1 is 0.854 bits per heavy atom. The van der Waals surface area contributed by atoms with Crippen molar-refractivity contribution in [2.75, 3.05) is 10.8 Å². The number of nitrogens with zero attached hydrogens (tertiary/aromatic N) is 2. The minimum atomic E-state index is -4.09. The topological polar surface area (TPSA) is 86.8 Å². The van der Waals surface area contributed by atoms with Crippen LogP contribution in [0, 0.1) is 20.8 Å². The van der Waals surface area contributed by atoms with E-state index in [2.05, 4.69) is 5.32 Å². The third kappa shape index (κ3) is 7.76. The fourth-order valence-electron chi connectivity index (χ4n) is 5.39. The molecule has 0 unspecified atom stereocenters. The van der Waals surface area contributed by atoms with Gasteiger partial charge in [-0.1, -0.05) is 73.4 Å². The van der Waals surface area contributed by atoms with E-state index >= 15 is 0 Å². The molecule has 1 aliphatic carbocycles. The highest BCUT2D eigenvalue weighted by Gasteiger charge is 2.33. The highest BCUT2D eigenvalue weighted by molar-refractivity contribution is 7.92. The first kappa shape index (κ1) is 30.3. The molecule has 3 aromatic carbocycles. The number of hydrogen-bond donors (Lipinski definition) is 1. The molecule has 0 radical (unpaired) electrons. The smallest absolute Gasteiger partial charge is 0.264 e. The molecule has 41 heavy (non-hydrogen) atoms. The Morgan fingerprint density at radius 3 is 2.07 bits per heavy atom. The zero-order chi connectivity index (χ0) is 29.6. The van der Waals surface area contributed by atoms with Gasteiger partial charge in [0, 0.05) is 12.6 Å². The van der Waals surface area contributed by atoms with Crippen molar-refractivity contribution < 1.29 is 18.0 Å².